The van der Waals surface area contributed by atoms with Crippen molar-refractivity contribution in [2.75, 3.05) is 6.61 Å². The third-order valence-electron chi connectivity index (χ3n) is 3.74. The number of nitrogens with zero attached hydrogens (tertiary/aromatic N) is 1. The summed E-state index contributed by atoms with van der Waals surface area (Å²) < 4.78 is 43.9. The molecule has 2 aromatic carbocycles. The molecule has 0 aliphatic rings. The summed E-state index contributed by atoms with van der Waals surface area (Å²) in [4.78, 5) is 4.57. The number of alkyl halides is 3. The van der Waals surface area contributed by atoms with Crippen LogP contribution in [-0.2, 0) is 6.18 Å². The van der Waals surface area contributed by atoms with E-state index >= 15 is 0 Å². The Labute approximate surface area is 154 Å². The quantitative estimate of drug-likeness (QED) is 0.518. The monoisotopic (exact) mass is 377 g/mol. The predicted molar refractivity (Wildman–Crippen MR) is 96.3 cm³/mol. The van der Waals surface area contributed by atoms with Gasteiger partial charge in [-0.15, -0.1) is 0 Å². The number of rotatable bonds is 4. The molecule has 1 heterocycles. The number of halogens is 4. The first-order chi connectivity index (χ1) is 12.4. The highest BCUT2D eigenvalue weighted by atomic mass is 35.5. The lowest BCUT2D eigenvalue weighted by atomic mass is 10.1. The van der Waals surface area contributed by atoms with E-state index in [9.17, 15) is 13.2 Å². The van der Waals surface area contributed by atoms with Gasteiger partial charge in [0, 0.05) is 28.3 Å². The van der Waals surface area contributed by atoms with E-state index < -0.39 is 11.7 Å². The van der Waals surface area contributed by atoms with E-state index in [4.69, 9.17) is 16.3 Å². The van der Waals surface area contributed by atoms with Gasteiger partial charge in [0.2, 0.25) is 0 Å². The first kappa shape index (κ1) is 18.3. The Morgan fingerprint density at radius 1 is 0.923 bits per heavy atom. The molecule has 0 saturated heterocycles. The Morgan fingerprint density at radius 2 is 1.58 bits per heavy atom. The Morgan fingerprint density at radius 3 is 2.15 bits per heavy atom. The van der Waals surface area contributed by atoms with Crippen molar-refractivity contribution in [3.8, 4) is 28.3 Å². The van der Waals surface area contributed by atoms with Crippen LogP contribution in [0.25, 0.3) is 22.5 Å². The van der Waals surface area contributed by atoms with Gasteiger partial charge < -0.3 is 4.74 Å². The van der Waals surface area contributed by atoms with Crippen molar-refractivity contribution in [1.82, 2.24) is 4.98 Å². The molecule has 3 rings (SSSR count). The molecule has 6 heteroatoms. The van der Waals surface area contributed by atoms with Gasteiger partial charge in [0.05, 0.1) is 23.6 Å². The fourth-order valence-corrected chi connectivity index (χ4v) is 2.72. The van der Waals surface area contributed by atoms with Crippen LogP contribution < -0.4 is 4.74 Å². The molecule has 0 unspecified atom stereocenters. The summed E-state index contributed by atoms with van der Waals surface area (Å²) in [6.45, 7) is 2.32. The van der Waals surface area contributed by atoms with Gasteiger partial charge in [0.25, 0.3) is 0 Å². The molecule has 0 amide bonds. The number of hydrogen-bond donors (Lipinski definition) is 0. The summed E-state index contributed by atoms with van der Waals surface area (Å²) in [5.74, 6) is 0.590. The zero-order chi connectivity index (χ0) is 18.7. The minimum atomic E-state index is -4.37. The molecular formula is C20H15ClF3NO. The van der Waals surface area contributed by atoms with Crippen molar-refractivity contribution < 1.29 is 17.9 Å². The van der Waals surface area contributed by atoms with Gasteiger partial charge in [-0.3, -0.25) is 0 Å². The Kier molecular flexibility index (Phi) is 5.18. The van der Waals surface area contributed by atoms with E-state index in [2.05, 4.69) is 4.98 Å². The van der Waals surface area contributed by atoms with E-state index in [1.165, 1.54) is 12.1 Å². The maximum Gasteiger partial charge on any atom is 0.416 e. The van der Waals surface area contributed by atoms with Crippen LogP contribution in [0.3, 0.4) is 0 Å². The van der Waals surface area contributed by atoms with E-state index in [0.29, 0.717) is 34.3 Å². The Bertz CT molecular complexity index is 908. The second-order valence-corrected chi connectivity index (χ2v) is 6.03. The van der Waals surface area contributed by atoms with Gasteiger partial charge in [-0.1, -0.05) is 35.9 Å². The SMILES string of the molecule is CCOc1cc(-c2ccc(C(F)(F)F)cc2)nc(-c2cccc(Cl)c2)c1. The summed E-state index contributed by atoms with van der Waals surface area (Å²) in [5, 5.41) is 0.571. The molecule has 0 fully saturated rings. The summed E-state index contributed by atoms with van der Waals surface area (Å²) in [6.07, 6.45) is -4.37. The van der Waals surface area contributed by atoms with E-state index in [-0.39, 0.29) is 0 Å². The van der Waals surface area contributed by atoms with Gasteiger partial charge in [-0.2, -0.15) is 13.2 Å². The molecule has 0 bridgehead atoms. The zero-order valence-corrected chi connectivity index (χ0v) is 14.6. The highest BCUT2D eigenvalue weighted by Gasteiger charge is 2.30. The molecule has 134 valence electrons. The number of benzene rings is 2. The van der Waals surface area contributed by atoms with Crippen LogP contribution in [0.2, 0.25) is 5.02 Å². The third-order valence-corrected chi connectivity index (χ3v) is 3.97. The average molecular weight is 378 g/mol. The predicted octanol–water partition coefficient (Wildman–Crippen LogP) is 6.49. The largest absolute Gasteiger partial charge is 0.494 e. The first-order valence-electron chi connectivity index (χ1n) is 7.95. The minimum Gasteiger partial charge on any atom is -0.494 e. The molecule has 0 atom stereocenters. The van der Waals surface area contributed by atoms with Crippen molar-refractivity contribution in [3.05, 3.63) is 71.2 Å². The molecule has 26 heavy (non-hydrogen) atoms. The molecular weight excluding hydrogens is 363 g/mol. The normalized spacial score (nSPS) is 11.4. The van der Waals surface area contributed by atoms with E-state index in [1.54, 1.807) is 24.3 Å². The molecule has 2 nitrogen and oxygen atoms in total. The van der Waals surface area contributed by atoms with Crippen LogP contribution in [0.1, 0.15) is 12.5 Å². The fourth-order valence-electron chi connectivity index (χ4n) is 2.53. The maximum absolute atomic E-state index is 12.8. The Balaban J connectivity index is 2.06. The van der Waals surface area contributed by atoms with Crippen LogP contribution in [0, 0.1) is 0 Å². The van der Waals surface area contributed by atoms with Gasteiger partial charge in [-0.05, 0) is 31.2 Å². The van der Waals surface area contributed by atoms with Crippen molar-refractivity contribution in [2.45, 2.75) is 13.1 Å². The number of hydrogen-bond acceptors (Lipinski definition) is 2. The highest BCUT2D eigenvalue weighted by molar-refractivity contribution is 6.30. The average Bonchev–Trinajstić information content (AvgIpc) is 2.61. The van der Waals surface area contributed by atoms with Crippen molar-refractivity contribution in [2.24, 2.45) is 0 Å². The van der Waals surface area contributed by atoms with Gasteiger partial charge in [0.15, 0.2) is 0 Å². The van der Waals surface area contributed by atoms with Gasteiger partial charge >= 0.3 is 6.18 Å². The topological polar surface area (TPSA) is 22.1 Å². The van der Waals surface area contributed by atoms with Crippen LogP contribution in [0.15, 0.2) is 60.7 Å². The maximum atomic E-state index is 12.8. The molecule has 0 N–H and O–H groups in total. The lowest BCUT2D eigenvalue weighted by Gasteiger charge is -2.11. The van der Waals surface area contributed by atoms with Gasteiger partial charge in [-0.25, -0.2) is 4.98 Å². The second kappa shape index (κ2) is 7.38. The summed E-state index contributed by atoms with van der Waals surface area (Å²) in [5.41, 5.74) is 1.83. The smallest absolute Gasteiger partial charge is 0.416 e. The number of pyridine rings is 1. The second-order valence-electron chi connectivity index (χ2n) is 5.59. The Hall–Kier alpha value is -2.53. The highest BCUT2D eigenvalue weighted by Crippen LogP contribution is 2.33. The van der Waals surface area contributed by atoms with E-state index in [1.807, 2.05) is 19.1 Å². The summed E-state index contributed by atoms with van der Waals surface area (Å²) >= 11 is 6.05. The minimum absolute atomic E-state index is 0.464. The molecule has 3 aromatic rings. The van der Waals surface area contributed by atoms with Crippen molar-refractivity contribution >= 4 is 11.6 Å². The van der Waals surface area contributed by atoms with Crippen LogP contribution in [0.4, 0.5) is 13.2 Å². The molecule has 0 radical (unpaired) electrons. The number of ether oxygens (including phenoxy) is 1. The number of aromatic nitrogens is 1. The van der Waals surface area contributed by atoms with Crippen LogP contribution in [0.5, 0.6) is 5.75 Å². The summed E-state index contributed by atoms with van der Waals surface area (Å²) in [7, 11) is 0. The molecule has 0 spiro atoms. The standard InChI is InChI=1S/C20H15ClF3NO/c1-2-26-17-11-18(13-6-8-15(9-7-13)20(22,23)24)25-19(12-17)14-4-3-5-16(21)10-14/h3-12H,2H2,1H3. The molecule has 0 saturated carbocycles. The first-order valence-corrected chi connectivity index (χ1v) is 8.33. The van der Waals surface area contributed by atoms with Crippen molar-refractivity contribution in [1.29, 1.82) is 0 Å². The lowest BCUT2D eigenvalue weighted by Crippen LogP contribution is -2.04. The van der Waals surface area contributed by atoms with Crippen molar-refractivity contribution in [3.63, 3.8) is 0 Å². The van der Waals surface area contributed by atoms with E-state index in [0.717, 1.165) is 17.7 Å². The zero-order valence-electron chi connectivity index (χ0n) is 13.8. The third kappa shape index (κ3) is 4.17. The lowest BCUT2D eigenvalue weighted by molar-refractivity contribution is -0.137. The summed E-state index contributed by atoms with van der Waals surface area (Å²) in [6, 6.07) is 15.6. The molecule has 0 aliphatic carbocycles. The van der Waals surface area contributed by atoms with Crippen LogP contribution in [-0.4, -0.2) is 11.6 Å². The fraction of sp³-hybridized carbons (Fsp3) is 0.150. The van der Waals surface area contributed by atoms with Gasteiger partial charge in [0.1, 0.15) is 5.75 Å². The molecule has 1 aromatic heterocycles. The molecule has 0 aliphatic heterocycles. The van der Waals surface area contributed by atoms with Crippen LogP contribution >= 0.6 is 11.6 Å².